The highest BCUT2D eigenvalue weighted by Crippen LogP contribution is 2.35. The van der Waals surface area contributed by atoms with E-state index in [9.17, 15) is 19.2 Å². The molecule has 0 spiro atoms. The second kappa shape index (κ2) is 12.1. The Kier molecular flexibility index (Phi) is 9.56. The van der Waals surface area contributed by atoms with E-state index in [1.807, 2.05) is 31.2 Å². The van der Waals surface area contributed by atoms with Crippen molar-refractivity contribution in [3.05, 3.63) is 51.4 Å². The zero-order valence-electron chi connectivity index (χ0n) is 19.3. The van der Waals surface area contributed by atoms with E-state index in [0.717, 1.165) is 23.3 Å². The largest absolute Gasteiger partial charge is 0.469 e. The van der Waals surface area contributed by atoms with Crippen molar-refractivity contribution in [2.24, 2.45) is 0 Å². The van der Waals surface area contributed by atoms with E-state index in [-0.39, 0.29) is 40.0 Å². The molecule has 0 bridgehead atoms. The summed E-state index contributed by atoms with van der Waals surface area (Å²) in [5.41, 5.74) is 2.25. The van der Waals surface area contributed by atoms with Gasteiger partial charge in [-0.15, -0.1) is 11.3 Å². The summed E-state index contributed by atoms with van der Waals surface area (Å²) in [6.45, 7) is 3.97. The molecule has 1 atom stereocenters. The van der Waals surface area contributed by atoms with Gasteiger partial charge in [0.2, 0.25) is 5.91 Å². The number of esters is 3. The lowest BCUT2D eigenvalue weighted by Crippen LogP contribution is -2.30. The van der Waals surface area contributed by atoms with Gasteiger partial charge in [-0.3, -0.25) is 9.59 Å². The third-order valence-corrected chi connectivity index (χ3v) is 6.15. The number of carbonyl (C=O) groups is 4. The van der Waals surface area contributed by atoms with Crippen molar-refractivity contribution in [2.45, 2.75) is 32.7 Å². The van der Waals surface area contributed by atoms with Crippen LogP contribution in [-0.4, -0.2) is 51.7 Å². The number of hydrogen-bond donors (Lipinski definition) is 2. The first-order valence-electron chi connectivity index (χ1n) is 10.3. The Balaban J connectivity index is 2.23. The van der Waals surface area contributed by atoms with Crippen molar-refractivity contribution in [1.29, 1.82) is 0 Å². The molecule has 2 rings (SSSR count). The maximum absolute atomic E-state index is 12.6. The number of nitrogens with one attached hydrogen (secondary N) is 2. The fraction of sp³-hybridized carbons (Fsp3) is 0.391. The van der Waals surface area contributed by atoms with E-state index >= 15 is 0 Å². The Morgan fingerprint density at radius 3 is 2.15 bits per heavy atom. The summed E-state index contributed by atoms with van der Waals surface area (Å²) in [6.07, 6.45) is 0.583. The quantitative estimate of drug-likeness (QED) is 0.397. The molecule has 0 unspecified atom stereocenters. The molecule has 1 aromatic carbocycles. The van der Waals surface area contributed by atoms with Crippen LogP contribution in [0.25, 0.3) is 0 Å². The molecule has 0 radical (unpaired) electrons. The fourth-order valence-electron chi connectivity index (χ4n) is 3.09. The lowest BCUT2D eigenvalue weighted by Gasteiger charge is -2.14. The van der Waals surface area contributed by atoms with E-state index in [2.05, 4.69) is 22.3 Å². The fourth-order valence-corrected chi connectivity index (χ4v) is 4.23. The molecule has 1 heterocycles. The number of thiophene rings is 1. The predicted octanol–water partition coefficient (Wildman–Crippen LogP) is 2.89. The minimum atomic E-state index is -0.798. The normalized spacial score (nSPS) is 11.4. The number of methoxy groups -OCH3 is 3. The highest BCUT2D eigenvalue weighted by molar-refractivity contribution is 7.18. The van der Waals surface area contributed by atoms with Gasteiger partial charge in [-0.2, -0.15) is 0 Å². The highest BCUT2D eigenvalue weighted by Gasteiger charge is 2.30. The number of amides is 1. The number of carbonyl (C=O) groups excluding carboxylic acids is 4. The monoisotopic (exact) mass is 476 g/mol. The Labute approximate surface area is 196 Å². The molecule has 0 saturated heterocycles. The zero-order chi connectivity index (χ0) is 24.5. The number of anilines is 1. The van der Waals surface area contributed by atoms with Gasteiger partial charge in [-0.1, -0.05) is 31.2 Å². The van der Waals surface area contributed by atoms with Crippen LogP contribution in [0.2, 0.25) is 0 Å². The summed E-state index contributed by atoms with van der Waals surface area (Å²) >= 11 is 0.835. The van der Waals surface area contributed by atoms with Crippen LogP contribution in [-0.2, 0) is 36.6 Å². The summed E-state index contributed by atoms with van der Waals surface area (Å²) in [6, 6.07) is 8.00. The molecule has 178 valence electrons. The van der Waals surface area contributed by atoms with Gasteiger partial charge in [0, 0.05) is 11.6 Å². The van der Waals surface area contributed by atoms with E-state index < -0.39 is 23.8 Å². The summed E-state index contributed by atoms with van der Waals surface area (Å²) in [5, 5.41) is 5.86. The average molecular weight is 477 g/mol. The Bertz CT molecular complexity index is 1010. The van der Waals surface area contributed by atoms with Crippen LogP contribution in [0.15, 0.2) is 24.3 Å². The first-order valence-corrected chi connectivity index (χ1v) is 11.1. The minimum absolute atomic E-state index is 0.0101. The Hall–Kier alpha value is -3.24. The first kappa shape index (κ1) is 26.0. The molecule has 0 aliphatic carbocycles. The van der Waals surface area contributed by atoms with Crippen molar-refractivity contribution in [3.63, 3.8) is 0 Å². The Morgan fingerprint density at radius 1 is 0.970 bits per heavy atom. The molecule has 9 nitrogen and oxygen atoms in total. The minimum Gasteiger partial charge on any atom is -0.469 e. The SMILES string of the molecule is CCc1ccc([C@@H](C)NCC(=O)Nc2sc(C(=O)OC)c(CC(=O)OC)c2C(=O)OC)cc1. The van der Waals surface area contributed by atoms with Crippen LogP contribution in [0.3, 0.4) is 0 Å². The summed E-state index contributed by atoms with van der Waals surface area (Å²) in [7, 11) is 3.53. The predicted molar refractivity (Wildman–Crippen MR) is 124 cm³/mol. The molecule has 0 fully saturated rings. The molecule has 2 aromatic rings. The lowest BCUT2D eigenvalue weighted by atomic mass is 10.1. The van der Waals surface area contributed by atoms with Gasteiger partial charge in [-0.25, -0.2) is 9.59 Å². The standard InChI is InChI=1S/C23H28N2O7S/c1-6-14-7-9-15(10-8-14)13(2)24-12-17(26)25-21-19(22(28)31-4)16(11-18(27)30-3)20(33-21)23(29)32-5/h7-10,13,24H,6,11-12H2,1-5H3,(H,25,26)/t13-/m1/s1. The molecule has 0 aliphatic rings. The van der Waals surface area contributed by atoms with Crippen LogP contribution in [0.5, 0.6) is 0 Å². The smallest absolute Gasteiger partial charge is 0.348 e. The van der Waals surface area contributed by atoms with Crippen LogP contribution in [0.1, 0.15) is 56.6 Å². The van der Waals surface area contributed by atoms with Gasteiger partial charge >= 0.3 is 17.9 Å². The molecule has 2 N–H and O–H groups in total. The highest BCUT2D eigenvalue weighted by atomic mass is 32.1. The number of ether oxygens (including phenoxy) is 3. The average Bonchev–Trinajstić information content (AvgIpc) is 3.18. The lowest BCUT2D eigenvalue weighted by molar-refractivity contribution is -0.139. The van der Waals surface area contributed by atoms with Crippen LogP contribution >= 0.6 is 11.3 Å². The maximum atomic E-state index is 12.6. The summed E-state index contributed by atoms with van der Waals surface area (Å²) < 4.78 is 14.2. The number of aryl methyl sites for hydroxylation is 1. The Morgan fingerprint density at radius 2 is 1.61 bits per heavy atom. The molecular formula is C23H28N2O7S. The van der Waals surface area contributed by atoms with Gasteiger partial charge < -0.3 is 24.8 Å². The van der Waals surface area contributed by atoms with Gasteiger partial charge in [0.25, 0.3) is 0 Å². The molecule has 1 amide bonds. The van der Waals surface area contributed by atoms with E-state index in [4.69, 9.17) is 9.47 Å². The van der Waals surface area contributed by atoms with Crippen molar-refractivity contribution in [1.82, 2.24) is 5.32 Å². The number of hydrogen-bond acceptors (Lipinski definition) is 9. The van der Waals surface area contributed by atoms with Crippen LogP contribution in [0.4, 0.5) is 5.00 Å². The molecule has 10 heteroatoms. The molecule has 0 saturated carbocycles. The second-order valence-electron chi connectivity index (χ2n) is 7.10. The van der Waals surface area contributed by atoms with Gasteiger partial charge in [-0.05, 0) is 24.5 Å². The second-order valence-corrected chi connectivity index (χ2v) is 8.12. The van der Waals surface area contributed by atoms with Crippen molar-refractivity contribution < 1.29 is 33.4 Å². The van der Waals surface area contributed by atoms with E-state index in [0.29, 0.717) is 0 Å². The van der Waals surface area contributed by atoms with Crippen molar-refractivity contribution in [3.8, 4) is 0 Å². The molecule has 33 heavy (non-hydrogen) atoms. The van der Waals surface area contributed by atoms with E-state index in [1.54, 1.807) is 0 Å². The van der Waals surface area contributed by atoms with Crippen LogP contribution in [0, 0.1) is 0 Å². The molecule has 0 aliphatic heterocycles. The third-order valence-electron chi connectivity index (χ3n) is 5.03. The summed E-state index contributed by atoms with van der Waals surface area (Å²) in [5.74, 6) is -2.63. The maximum Gasteiger partial charge on any atom is 0.348 e. The third kappa shape index (κ3) is 6.62. The van der Waals surface area contributed by atoms with Gasteiger partial charge in [0.15, 0.2) is 0 Å². The van der Waals surface area contributed by atoms with Crippen LogP contribution < -0.4 is 10.6 Å². The number of rotatable bonds is 10. The topological polar surface area (TPSA) is 120 Å². The molecule has 1 aromatic heterocycles. The van der Waals surface area contributed by atoms with Gasteiger partial charge in [0.1, 0.15) is 9.88 Å². The van der Waals surface area contributed by atoms with E-state index in [1.165, 1.54) is 26.9 Å². The first-order chi connectivity index (χ1) is 15.7. The molecular weight excluding hydrogens is 448 g/mol. The van der Waals surface area contributed by atoms with Crippen molar-refractivity contribution >= 4 is 40.2 Å². The number of benzene rings is 1. The summed E-state index contributed by atoms with van der Waals surface area (Å²) in [4.78, 5) is 49.2. The van der Waals surface area contributed by atoms with Gasteiger partial charge in [0.05, 0.1) is 39.9 Å². The zero-order valence-corrected chi connectivity index (χ0v) is 20.1. The van der Waals surface area contributed by atoms with Crippen molar-refractivity contribution in [2.75, 3.05) is 33.2 Å².